The fraction of sp³-hybridized carbons (Fsp3) is 0.636. The van der Waals surface area contributed by atoms with Gasteiger partial charge in [0.1, 0.15) is 13.2 Å². The number of imidazole rings is 1. The maximum atomic E-state index is 10.7. The van der Waals surface area contributed by atoms with Crippen LogP contribution in [0.4, 0.5) is 0 Å². The first-order chi connectivity index (χ1) is 7.45. The Bertz CT molecular complexity index is 248. The lowest BCUT2D eigenvalue weighted by Gasteiger charge is -2.23. The number of rotatable bonds is 4. The van der Waals surface area contributed by atoms with Gasteiger partial charge in [-0.3, -0.25) is 4.79 Å². The van der Waals surface area contributed by atoms with E-state index in [1.54, 1.807) is 25.6 Å². The number of ether oxygens (including phenoxy) is 1. The molecule has 1 heterocycles. The predicted octanol–water partition coefficient (Wildman–Crippen LogP) is 1.06. The molecule has 0 spiro atoms. The van der Waals surface area contributed by atoms with Gasteiger partial charge >= 0.3 is 5.97 Å². The van der Waals surface area contributed by atoms with Crippen molar-refractivity contribution in [1.29, 1.82) is 0 Å². The molecule has 5 nitrogen and oxygen atoms in total. The number of aromatic amines is 1. The molecule has 5 heteroatoms. The smallest absolute Gasteiger partial charge is 0.305 e. The van der Waals surface area contributed by atoms with Crippen LogP contribution in [-0.4, -0.2) is 54.7 Å². The van der Waals surface area contributed by atoms with E-state index < -0.39 is 0 Å². The first-order valence-corrected chi connectivity index (χ1v) is 5.34. The molecule has 0 radical (unpaired) electrons. The van der Waals surface area contributed by atoms with Crippen LogP contribution in [0.25, 0.3) is 0 Å². The summed E-state index contributed by atoms with van der Waals surface area (Å²) in [7, 11) is 6.21. The standard InChI is InChI=1S/C8H18NO2.C3H4N2/c1-5-8(10)11-7-6-9(2,3)4;1-2-5-3-4-1/h5-7H2,1-4H3;1-3H,(H,4,5)/q+1;. The molecule has 1 aromatic rings. The molecule has 0 atom stereocenters. The predicted molar refractivity (Wildman–Crippen MR) is 62.7 cm³/mol. The molecule has 0 fully saturated rings. The number of likely N-dealkylation sites (N-methyl/N-ethyl adjacent to an activating group) is 1. The molecule has 0 aliphatic carbocycles. The van der Waals surface area contributed by atoms with Crippen molar-refractivity contribution in [2.75, 3.05) is 34.3 Å². The molecule has 0 aliphatic rings. The lowest BCUT2D eigenvalue weighted by Crippen LogP contribution is -2.37. The van der Waals surface area contributed by atoms with Crippen LogP contribution in [0.2, 0.25) is 0 Å². The number of nitrogens with one attached hydrogen (secondary N) is 1. The zero-order chi connectivity index (χ0) is 12.4. The minimum atomic E-state index is -0.113. The minimum absolute atomic E-state index is 0.113. The van der Waals surface area contributed by atoms with E-state index in [0.717, 1.165) is 11.0 Å². The number of esters is 1. The molecule has 0 saturated carbocycles. The van der Waals surface area contributed by atoms with Crippen LogP contribution in [-0.2, 0) is 9.53 Å². The summed E-state index contributed by atoms with van der Waals surface area (Å²) >= 11 is 0. The van der Waals surface area contributed by atoms with Crippen LogP contribution in [0.15, 0.2) is 18.7 Å². The van der Waals surface area contributed by atoms with E-state index in [2.05, 4.69) is 31.1 Å². The second-order valence-corrected chi connectivity index (χ2v) is 4.35. The Balaban J connectivity index is 0.000000368. The average Bonchev–Trinajstić information content (AvgIpc) is 2.73. The van der Waals surface area contributed by atoms with Crippen molar-refractivity contribution in [3.05, 3.63) is 18.7 Å². The second kappa shape index (κ2) is 7.87. The zero-order valence-corrected chi connectivity index (χ0v) is 10.6. The summed E-state index contributed by atoms with van der Waals surface area (Å²) in [4.78, 5) is 17.1. The first kappa shape index (κ1) is 14.6. The van der Waals surface area contributed by atoms with Crippen molar-refractivity contribution >= 4 is 5.97 Å². The minimum Gasteiger partial charge on any atom is -0.460 e. The van der Waals surface area contributed by atoms with E-state index in [1.807, 2.05) is 0 Å². The lowest BCUT2D eigenvalue weighted by atomic mass is 10.5. The Kier molecular flexibility index (Phi) is 7.20. The van der Waals surface area contributed by atoms with Crippen molar-refractivity contribution in [3.8, 4) is 0 Å². The molecule has 0 unspecified atom stereocenters. The maximum absolute atomic E-state index is 10.7. The number of hydrogen-bond acceptors (Lipinski definition) is 3. The van der Waals surface area contributed by atoms with Crippen molar-refractivity contribution in [3.63, 3.8) is 0 Å². The Morgan fingerprint density at radius 1 is 1.44 bits per heavy atom. The summed E-state index contributed by atoms with van der Waals surface area (Å²) in [5.41, 5.74) is 0. The van der Waals surface area contributed by atoms with Gasteiger partial charge in [0.15, 0.2) is 0 Å². The van der Waals surface area contributed by atoms with Crippen LogP contribution in [0, 0.1) is 0 Å². The van der Waals surface area contributed by atoms with Crippen molar-refractivity contribution in [1.82, 2.24) is 9.97 Å². The van der Waals surface area contributed by atoms with Crippen molar-refractivity contribution < 1.29 is 14.0 Å². The molecule has 0 amide bonds. The highest BCUT2D eigenvalue weighted by Gasteiger charge is 2.07. The molecule has 1 rings (SSSR count). The summed E-state index contributed by atoms with van der Waals surface area (Å²) in [6.45, 7) is 3.19. The fourth-order valence-electron chi connectivity index (χ4n) is 0.751. The van der Waals surface area contributed by atoms with Crippen LogP contribution in [0.1, 0.15) is 13.3 Å². The average molecular weight is 228 g/mol. The van der Waals surface area contributed by atoms with E-state index in [9.17, 15) is 4.79 Å². The van der Waals surface area contributed by atoms with E-state index >= 15 is 0 Å². The Labute approximate surface area is 97.0 Å². The first-order valence-electron chi connectivity index (χ1n) is 5.34. The Morgan fingerprint density at radius 3 is 2.44 bits per heavy atom. The van der Waals surface area contributed by atoms with Gasteiger partial charge in [0.25, 0.3) is 0 Å². The zero-order valence-electron chi connectivity index (χ0n) is 10.6. The summed E-state index contributed by atoms with van der Waals surface area (Å²) in [5.74, 6) is -0.113. The monoisotopic (exact) mass is 228 g/mol. The molecule has 0 bridgehead atoms. The SMILES string of the molecule is CCC(=O)OCC[N+](C)(C)C.c1c[nH]cn1. The third-order valence-corrected chi connectivity index (χ3v) is 1.72. The van der Waals surface area contributed by atoms with Gasteiger partial charge in [0.05, 0.1) is 27.5 Å². The number of H-pyrrole nitrogens is 1. The summed E-state index contributed by atoms with van der Waals surface area (Å²) in [6.07, 6.45) is 5.55. The Hall–Kier alpha value is -1.36. The quantitative estimate of drug-likeness (QED) is 0.619. The number of carbonyl (C=O) groups excluding carboxylic acids is 1. The van der Waals surface area contributed by atoms with Crippen LogP contribution in [0.5, 0.6) is 0 Å². The molecule has 16 heavy (non-hydrogen) atoms. The van der Waals surface area contributed by atoms with E-state index in [1.165, 1.54) is 0 Å². The molecular weight excluding hydrogens is 206 g/mol. The van der Waals surface area contributed by atoms with Gasteiger partial charge in [-0.2, -0.15) is 0 Å². The van der Waals surface area contributed by atoms with Gasteiger partial charge in [-0.05, 0) is 0 Å². The third-order valence-electron chi connectivity index (χ3n) is 1.72. The van der Waals surface area contributed by atoms with E-state index in [4.69, 9.17) is 4.74 Å². The molecule has 0 saturated heterocycles. The maximum Gasteiger partial charge on any atom is 0.305 e. The number of hydrogen-bond donors (Lipinski definition) is 1. The van der Waals surface area contributed by atoms with Gasteiger partial charge in [-0.15, -0.1) is 0 Å². The molecular formula is C11H22N3O2+. The van der Waals surface area contributed by atoms with Gasteiger partial charge in [0, 0.05) is 18.8 Å². The third kappa shape index (κ3) is 10.7. The second-order valence-electron chi connectivity index (χ2n) is 4.35. The van der Waals surface area contributed by atoms with Gasteiger partial charge in [-0.1, -0.05) is 6.92 Å². The summed E-state index contributed by atoms with van der Waals surface area (Å²) in [5, 5.41) is 0. The Morgan fingerprint density at radius 2 is 2.12 bits per heavy atom. The van der Waals surface area contributed by atoms with Crippen LogP contribution in [0.3, 0.4) is 0 Å². The summed E-state index contributed by atoms with van der Waals surface area (Å²) in [6, 6.07) is 0. The van der Waals surface area contributed by atoms with Gasteiger partial charge < -0.3 is 14.2 Å². The molecule has 1 N–H and O–H groups in total. The molecule has 92 valence electrons. The highest BCUT2D eigenvalue weighted by Crippen LogP contribution is 1.91. The number of nitrogens with zero attached hydrogens (tertiary/aromatic N) is 2. The van der Waals surface area contributed by atoms with Crippen LogP contribution < -0.4 is 0 Å². The molecule has 0 aliphatic heterocycles. The van der Waals surface area contributed by atoms with Crippen LogP contribution >= 0.6 is 0 Å². The number of carbonyl (C=O) groups is 1. The topological polar surface area (TPSA) is 55.0 Å². The van der Waals surface area contributed by atoms with Gasteiger partial charge in [-0.25, -0.2) is 4.98 Å². The van der Waals surface area contributed by atoms with Gasteiger partial charge in [0.2, 0.25) is 0 Å². The van der Waals surface area contributed by atoms with Crippen molar-refractivity contribution in [2.45, 2.75) is 13.3 Å². The largest absolute Gasteiger partial charge is 0.460 e. The van der Waals surface area contributed by atoms with Crippen molar-refractivity contribution in [2.24, 2.45) is 0 Å². The highest BCUT2D eigenvalue weighted by molar-refractivity contribution is 5.68. The van der Waals surface area contributed by atoms with E-state index in [-0.39, 0.29) is 5.97 Å². The fourth-order valence-corrected chi connectivity index (χ4v) is 0.751. The van der Waals surface area contributed by atoms with E-state index in [0.29, 0.717) is 13.0 Å². The summed E-state index contributed by atoms with van der Waals surface area (Å²) < 4.78 is 5.74. The number of quaternary nitrogens is 1. The number of aromatic nitrogens is 2. The highest BCUT2D eigenvalue weighted by atomic mass is 16.5. The normalized spacial score (nSPS) is 10.2. The lowest BCUT2D eigenvalue weighted by molar-refractivity contribution is -0.870. The molecule has 1 aromatic heterocycles. The molecule has 0 aromatic carbocycles.